The molecule has 198 valence electrons. The topological polar surface area (TPSA) is 88.1 Å². The molecule has 2 rings (SSSR count). The minimum Gasteiger partial charge on any atom is -0.465 e. The van der Waals surface area contributed by atoms with Crippen LogP contribution < -0.4 is 0 Å². The molecule has 0 amide bonds. The van der Waals surface area contributed by atoms with Crippen molar-refractivity contribution in [2.75, 3.05) is 11.0 Å². The SMILES string of the molecule is C=C(OS(=O)(=O)C(F)(F)F)[C@H](C)CC1CCC2OC(CCCOC(=O)C(C)(C)C)CC2(CI)O1. The fraction of sp³-hybridized carbons (Fsp3) is 0.864. The van der Waals surface area contributed by atoms with Crippen LogP contribution in [0.25, 0.3) is 0 Å². The number of hydrogen-bond acceptors (Lipinski definition) is 7. The van der Waals surface area contributed by atoms with Crippen molar-refractivity contribution in [3.8, 4) is 0 Å². The Morgan fingerprint density at radius 1 is 1.24 bits per heavy atom. The Labute approximate surface area is 213 Å². The molecule has 0 aromatic carbocycles. The van der Waals surface area contributed by atoms with Gasteiger partial charge in [-0.05, 0) is 52.9 Å². The fourth-order valence-corrected chi connectivity index (χ4v) is 5.62. The van der Waals surface area contributed by atoms with E-state index in [0.717, 1.165) is 12.8 Å². The first-order valence-electron chi connectivity index (χ1n) is 11.3. The zero-order valence-corrected chi connectivity index (χ0v) is 22.9. The molecule has 12 heteroatoms. The summed E-state index contributed by atoms with van der Waals surface area (Å²) in [6.45, 7) is 10.7. The molecular weight excluding hydrogens is 592 g/mol. The molecule has 2 heterocycles. The van der Waals surface area contributed by atoms with Gasteiger partial charge in [0.2, 0.25) is 0 Å². The standard InChI is InChI=1S/C22H34F3IO7S/c1-14(15(2)33-34(28,29)22(23,24)25)11-16-8-9-18-21(13-26,32-16)12-17(31-18)7-6-10-30-19(27)20(3,4)5/h14,16-18H,2,6-13H2,1,3-5H3/t14-,16?,17?,18?,21?/m1/s1. The molecule has 4 unspecified atom stereocenters. The number of carbonyl (C=O) groups is 1. The average molecular weight is 626 g/mol. The number of hydrogen-bond donors (Lipinski definition) is 0. The lowest BCUT2D eigenvalue weighted by molar-refractivity contribution is -0.156. The summed E-state index contributed by atoms with van der Waals surface area (Å²) in [6.07, 6.45) is 3.27. The van der Waals surface area contributed by atoms with Crippen LogP contribution in [0.3, 0.4) is 0 Å². The van der Waals surface area contributed by atoms with Crippen molar-refractivity contribution in [1.29, 1.82) is 0 Å². The Bertz CT molecular complexity index is 840. The van der Waals surface area contributed by atoms with Crippen LogP contribution in [0.2, 0.25) is 0 Å². The van der Waals surface area contributed by atoms with Crippen molar-refractivity contribution in [2.24, 2.45) is 11.3 Å². The monoisotopic (exact) mass is 626 g/mol. The van der Waals surface area contributed by atoms with E-state index in [9.17, 15) is 26.4 Å². The second-order valence-electron chi connectivity index (χ2n) is 10.1. The number of esters is 1. The molecule has 0 radical (unpaired) electrons. The Morgan fingerprint density at radius 3 is 2.44 bits per heavy atom. The maximum atomic E-state index is 12.6. The van der Waals surface area contributed by atoms with Crippen LogP contribution in [0.15, 0.2) is 12.3 Å². The van der Waals surface area contributed by atoms with Crippen LogP contribution in [0.5, 0.6) is 0 Å². The summed E-state index contributed by atoms with van der Waals surface area (Å²) in [7, 11) is -5.74. The highest BCUT2D eigenvalue weighted by molar-refractivity contribution is 14.1. The summed E-state index contributed by atoms with van der Waals surface area (Å²) in [5, 5.41) is 0. The van der Waals surface area contributed by atoms with E-state index in [1.54, 1.807) is 27.7 Å². The second kappa shape index (κ2) is 11.2. The minimum atomic E-state index is -5.74. The van der Waals surface area contributed by atoms with Gasteiger partial charge in [-0.3, -0.25) is 4.79 Å². The summed E-state index contributed by atoms with van der Waals surface area (Å²) in [4.78, 5) is 11.9. The van der Waals surface area contributed by atoms with Crippen LogP contribution in [-0.2, 0) is 33.3 Å². The van der Waals surface area contributed by atoms with Gasteiger partial charge in [0.1, 0.15) is 11.4 Å². The highest BCUT2D eigenvalue weighted by Gasteiger charge is 2.53. The third kappa shape index (κ3) is 7.45. The van der Waals surface area contributed by atoms with Gasteiger partial charge in [-0.25, -0.2) is 0 Å². The van der Waals surface area contributed by atoms with E-state index in [4.69, 9.17) is 14.2 Å². The summed E-state index contributed by atoms with van der Waals surface area (Å²) in [5.74, 6) is -1.36. The molecule has 0 bridgehead atoms. The van der Waals surface area contributed by atoms with Crippen LogP contribution >= 0.6 is 22.6 Å². The van der Waals surface area contributed by atoms with Gasteiger partial charge in [0, 0.05) is 16.8 Å². The number of halogens is 4. The molecule has 0 aromatic heterocycles. The zero-order chi connectivity index (χ0) is 25.9. The van der Waals surface area contributed by atoms with E-state index in [2.05, 4.69) is 33.4 Å². The van der Waals surface area contributed by atoms with Crippen molar-refractivity contribution < 1.29 is 44.8 Å². The molecule has 2 fully saturated rings. The maximum absolute atomic E-state index is 12.6. The summed E-state index contributed by atoms with van der Waals surface area (Å²) < 4.78 is 83.0. The first-order valence-corrected chi connectivity index (χ1v) is 14.2. The van der Waals surface area contributed by atoms with Gasteiger partial charge in [-0.2, -0.15) is 21.6 Å². The smallest absolute Gasteiger partial charge is 0.465 e. The lowest BCUT2D eigenvalue weighted by Gasteiger charge is -2.41. The Balaban J connectivity index is 1.88. The molecule has 2 aliphatic heterocycles. The predicted octanol–water partition coefficient (Wildman–Crippen LogP) is 5.27. The summed E-state index contributed by atoms with van der Waals surface area (Å²) >= 11 is 2.25. The van der Waals surface area contributed by atoms with Crippen LogP contribution in [0.1, 0.15) is 66.2 Å². The van der Waals surface area contributed by atoms with Gasteiger partial charge in [-0.15, -0.1) is 0 Å². The molecule has 0 N–H and O–H groups in total. The molecule has 34 heavy (non-hydrogen) atoms. The minimum absolute atomic E-state index is 0.0421. The number of allylic oxidation sites excluding steroid dienone is 1. The van der Waals surface area contributed by atoms with Crippen molar-refractivity contribution >= 4 is 38.7 Å². The summed E-state index contributed by atoms with van der Waals surface area (Å²) in [6, 6.07) is 0. The number of ether oxygens (including phenoxy) is 3. The van der Waals surface area contributed by atoms with E-state index < -0.39 is 38.3 Å². The highest BCUT2D eigenvalue weighted by atomic mass is 127. The largest absolute Gasteiger partial charge is 0.534 e. The Kier molecular flexibility index (Phi) is 9.76. The third-order valence-corrected chi connectivity index (χ3v) is 8.37. The quantitative estimate of drug-likeness (QED) is 0.0621. The number of rotatable bonds is 10. The van der Waals surface area contributed by atoms with Gasteiger partial charge in [0.05, 0.1) is 30.3 Å². The van der Waals surface area contributed by atoms with E-state index in [1.807, 2.05) is 0 Å². The average Bonchev–Trinajstić information content (AvgIpc) is 3.07. The number of carbonyl (C=O) groups excluding carboxylic acids is 1. The lowest BCUT2D eigenvalue weighted by Crippen LogP contribution is -2.50. The normalized spacial score (nSPS) is 28.8. The zero-order valence-electron chi connectivity index (χ0n) is 20.0. The van der Waals surface area contributed by atoms with E-state index in [0.29, 0.717) is 30.3 Å². The second-order valence-corrected chi connectivity index (χ2v) is 12.4. The van der Waals surface area contributed by atoms with Gasteiger partial charge in [0.25, 0.3) is 0 Å². The van der Waals surface area contributed by atoms with Gasteiger partial charge < -0.3 is 18.4 Å². The van der Waals surface area contributed by atoms with Crippen LogP contribution in [0, 0.1) is 11.3 Å². The first kappa shape index (κ1) is 29.6. The molecule has 7 nitrogen and oxygen atoms in total. The molecule has 2 saturated heterocycles. The Morgan fingerprint density at radius 2 is 1.88 bits per heavy atom. The molecular formula is C22H34F3IO7S. The molecule has 2 aliphatic rings. The van der Waals surface area contributed by atoms with Crippen LogP contribution in [-0.4, -0.2) is 54.8 Å². The summed E-state index contributed by atoms with van der Waals surface area (Å²) in [5.41, 5.74) is -6.57. The molecule has 0 saturated carbocycles. The van der Waals surface area contributed by atoms with Gasteiger partial charge >= 0.3 is 21.6 Å². The highest BCUT2D eigenvalue weighted by Crippen LogP contribution is 2.45. The van der Waals surface area contributed by atoms with Crippen molar-refractivity contribution in [3.63, 3.8) is 0 Å². The lowest BCUT2D eigenvalue weighted by atomic mass is 9.86. The van der Waals surface area contributed by atoms with E-state index >= 15 is 0 Å². The van der Waals surface area contributed by atoms with Gasteiger partial charge in [-0.1, -0.05) is 36.1 Å². The molecule has 0 spiro atoms. The van der Waals surface area contributed by atoms with Crippen molar-refractivity contribution in [3.05, 3.63) is 12.3 Å². The third-order valence-electron chi connectivity index (χ3n) is 6.08. The number of fused-ring (bicyclic) bond motifs is 1. The Hall–Kier alpha value is -0.600. The fourth-order valence-electron chi connectivity index (χ4n) is 4.10. The number of alkyl halides is 4. The maximum Gasteiger partial charge on any atom is 0.534 e. The predicted molar refractivity (Wildman–Crippen MR) is 128 cm³/mol. The van der Waals surface area contributed by atoms with Gasteiger partial charge in [0.15, 0.2) is 0 Å². The van der Waals surface area contributed by atoms with E-state index in [1.165, 1.54) is 0 Å². The van der Waals surface area contributed by atoms with Crippen molar-refractivity contribution in [2.45, 2.75) is 95.6 Å². The molecule has 5 atom stereocenters. The molecule has 0 aliphatic carbocycles. The van der Waals surface area contributed by atoms with Crippen LogP contribution in [0.4, 0.5) is 13.2 Å². The molecule has 0 aromatic rings. The van der Waals surface area contributed by atoms with E-state index in [-0.39, 0.29) is 30.7 Å². The first-order chi connectivity index (χ1) is 15.5. The van der Waals surface area contributed by atoms with Crippen molar-refractivity contribution in [1.82, 2.24) is 0 Å².